The zero-order chi connectivity index (χ0) is 38.5. The molecule has 1 aromatic rings. The van der Waals surface area contributed by atoms with Crippen LogP contribution in [0, 0.1) is 76.4 Å². The van der Waals surface area contributed by atoms with Gasteiger partial charge in [0, 0.05) is 17.1 Å². The van der Waals surface area contributed by atoms with Gasteiger partial charge in [0.25, 0.3) is 0 Å². The highest BCUT2D eigenvalue weighted by Crippen LogP contribution is 2.65. The fourth-order valence-electron chi connectivity index (χ4n) is 12.7. The van der Waals surface area contributed by atoms with Gasteiger partial charge < -0.3 is 18.9 Å². The average molecular weight is 743 g/mol. The maximum absolute atomic E-state index is 13.7. The van der Waals surface area contributed by atoms with Crippen molar-refractivity contribution in [3.05, 3.63) is 60.2 Å². The molecule has 0 spiro atoms. The molecule has 0 aliphatic heterocycles. The Morgan fingerprint density at radius 3 is 1.85 bits per heavy atom. The quantitative estimate of drug-likeness (QED) is 0.0997. The van der Waals surface area contributed by atoms with Crippen LogP contribution in [0.5, 0.6) is 0 Å². The van der Waals surface area contributed by atoms with Crippen molar-refractivity contribution in [2.45, 2.75) is 104 Å². The molecule has 8 nitrogen and oxygen atoms in total. The highest BCUT2D eigenvalue weighted by molar-refractivity contribution is 5.95. The van der Waals surface area contributed by atoms with E-state index < -0.39 is 17.5 Å². The standard InChI is InChI=1S/C46H62O8/c1-8-41(47)53-25-45(6,9-2)33-19-37-29-15-32(35(17-29)39(37)20-33)24-52-43(49)27-12-11-13-28(14-27)44(50)54-46(7,10-3)34-21-38-30-16-31(23-51-42(48)26(4)5)36(18-30)40(38)22-34/h8,11-14,29-40H,1,4,9-10,15-25H2,2-3,5-7H3. The number of rotatable bonds is 15. The van der Waals surface area contributed by atoms with E-state index in [-0.39, 0.29) is 23.3 Å². The number of ether oxygens (including phenoxy) is 4. The fourth-order valence-corrected chi connectivity index (χ4v) is 12.7. The lowest BCUT2D eigenvalue weighted by molar-refractivity contribution is -0.142. The Morgan fingerprint density at radius 2 is 1.28 bits per heavy atom. The highest BCUT2D eigenvalue weighted by Gasteiger charge is 2.60. The molecule has 14 atom stereocenters. The Bertz CT molecular complexity index is 1650. The summed E-state index contributed by atoms with van der Waals surface area (Å²) in [6, 6.07) is 6.82. The molecule has 0 aromatic heterocycles. The minimum atomic E-state index is -0.608. The summed E-state index contributed by atoms with van der Waals surface area (Å²) in [6.07, 6.45) is 11.9. The summed E-state index contributed by atoms with van der Waals surface area (Å²) < 4.78 is 23.5. The van der Waals surface area contributed by atoms with E-state index in [9.17, 15) is 19.2 Å². The molecule has 8 heteroatoms. The van der Waals surface area contributed by atoms with E-state index in [1.165, 1.54) is 25.3 Å². The molecule has 0 heterocycles. The molecular weight excluding hydrogens is 680 g/mol. The van der Waals surface area contributed by atoms with Gasteiger partial charge in [-0.3, -0.25) is 0 Å². The number of carbonyl (C=O) groups excluding carboxylic acids is 4. The molecule has 6 fully saturated rings. The minimum Gasteiger partial charge on any atom is -0.462 e. The van der Waals surface area contributed by atoms with E-state index >= 15 is 0 Å². The molecule has 6 aliphatic carbocycles. The molecule has 14 unspecified atom stereocenters. The highest BCUT2D eigenvalue weighted by atomic mass is 16.6. The SMILES string of the molecule is C=CC(=O)OCC(C)(CC)C1CC2C3CC(COC(=O)c4cccc(C(=O)OC(C)(CC)C5CC6C7CC(COC(=O)C(=C)C)C(C7)C6C5)c4)C(C3)C2C1. The maximum atomic E-state index is 13.7. The van der Waals surface area contributed by atoms with Crippen LogP contribution >= 0.6 is 0 Å². The number of benzene rings is 1. The molecule has 294 valence electrons. The number of carbonyl (C=O) groups is 4. The zero-order valence-corrected chi connectivity index (χ0v) is 33.2. The molecular formula is C46H62O8. The van der Waals surface area contributed by atoms with Crippen molar-refractivity contribution in [2.75, 3.05) is 19.8 Å². The van der Waals surface area contributed by atoms with Crippen LogP contribution in [0.1, 0.15) is 120 Å². The van der Waals surface area contributed by atoms with Gasteiger partial charge in [0.2, 0.25) is 0 Å². The Morgan fingerprint density at radius 1 is 0.722 bits per heavy atom. The molecule has 0 radical (unpaired) electrons. The molecule has 0 amide bonds. The molecule has 54 heavy (non-hydrogen) atoms. The van der Waals surface area contributed by atoms with E-state index in [1.807, 2.05) is 0 Å². The van der Waals surface area contributed by atoms with Crippen molar-refractivity contribution in [1.29, 1.82) is 0 Å². The van der Waals surface area contributed by atoms with Gasteiger partial charge >= 0.3 is 23.9 Å². The summed E-state index contributed by atoms with van der Waals surface area (Å²) in [6.45, 7) is 18.9. The van der Waals surface area contributed by atoms with Gasteiger partial charge in [-0.2, -0.15) is 0 Å². The number of esters is 4. The number of fused-ring (bicyclic) bond motifs is 10. The predicted octanol–water partition coefficient (Wildman–Crippen LogP) is 9.03. The van der Waals surface area contributed by atoms with Gasteiger partial charge in [0.05, 0.1) is 30.9 Å². The van der Waals surface area contributed by atoms with E-state index in [0.29, 0.717) is 108 Å². The van der Waals surface area contributed by atoms with Crippen molar-refractivity contribution in [3.63, 3.8) is 0 Å². The largest absolute Gasteiger partial charge is 0.462 e. The molecule has 6 aliphatic rings. The second-order valence-corrected chi connectivity index (χ2v) is 18.7. The van der Waals surface area contributed by atoms with Crippen LogP contribution < -0.4 is 0 Å². The zero-order valence-electron chi connectivity index (χ0n) is 33.2. The van der Waals surface area contributed by atoms with Crippen molar-refractivity contribution >= 4 is 23.9 Å². The molecule has 4 bridgehead atoms. The third kappa shape index (κ3) is 7.20. The lowest BCUT2D eigenvalue weighted by Crippen LogP contribution is -2.38. The van der Waals surface area contributed by atoms with E-state index in [4.69, 9.17) is 18.9 Å². The average Bonchev–Trinajstić information content (AvgIpc) is 4.02. The van der Waals surface area contributed by atoms with Gasteiger partial charge in [-0.1, -0.05) is 40.0 Å². The van der Waals surface area contributed by atoms with E-state index in [2.05, 4.69) is 40.9 Å². The van der Waals surface area contributed by atoms with Crippen molar-refractivity contribution in [2.24, 2.45) is 76.4 Å². The van der Waals surface area contributed by atoms with Crippen molar-refractivity contribution < 1.29 is 38.1 Å². The van der Waals surface area contributed by atoms with Crippen LogP contribution in [0.25, 0.3) is 0 Å². The molecule has 7 rings (SSSR count). The van der Waals surface area contributed by atoms with Crippen molar-refractivity contribution in [3.8, 4) is 0 Å². The lowest BCUT2D eigenvalue weighted by atomic mass is 9.73. The normalized spacial score (nSPS) is 36.4. The van der Waals surface area contributed by atoms with Crippen molar-refractivity contribution in [1.82, 2.24) is 0 Å². The van der Waals surface area contributed by atoms with Crippen LogP contribution in [0.3, 0.4) is 0 Å². The van der Waals surface area contributed by atoms with Crippen LogP contribution in [0.4, 0.5) is 0 Å². The van der Waals surface area contributed by atoms with E-state index in [0.717, 1.165) is 38.5 Å². The number of hydrogen-bond acceptors (Lipinski definition) is 8. The van der Waals surface area contributed by atoms with Crippen LogP contribution in [0.2, 0.25) is 0 Å². The van der Waals surface area contributed by atoms with Gasteiger partial charge in [-0.15, -0.1) is 0 Å². The van der Waals surface area contributed by atoms with Gasteiger partial charge in [0.15, 0.2) is 0 Å². The summed E-state index contributed by atoms with van der Waals surface area (Å²) in [7, 11) is 0. The third-order valence-electron chi connectivity index (χ3n) is 16.1. The molecule has 6 saturated carbocycles. The lowest BCUT2D eigenvalue weighted by Gasteiger charge is -2.35. The van der Waals surface area contributed by atoms with Gasteiger partial charge in [-0.25, -0.2) is 19.2 Å². The summed E-state index contributed by atoms with van der Waals surface area (Å²) in [5, 5.41) is 0. The Balaban J connectivity index is 0.916. The smallest absolute Gasteiger partial charge is 0.338 e. The topological polar surface area (TPSA) is 105 Å². The first kappa shape index (κ1) is 38.8. The summed E-state index contributed by atoms with van der Waals surface area (Å²) in [4.78, 5) is 51.0. The van der Waals surface area contributed by atoms with Crippen LogP contribution in [-0.4, -0.2) is 49.3 Å². The summed E-state index contributed by atoms with van der Waals surface area (Å²) in [5.74, 6) is 5.05. The Labute approximate surface area is 322 Å². The Hall–Kier alpha value is -3.42. The first-order valence-corrected chi connectivity index (χ1v) is 20.9. The Kier molecular flexibility index (Phi) is 11.0. The third-order valence-corrected chi connectivity index (χ3v) is 16.1. The van der Waals surface area contributed by atoms with Crippen LogP contribution in [-0.2, 0) is 28.5 Å². The van der Waals surface area contributed by atoms with Gasteiger partial charge in [0.1, 0.15) is 5.60 Å². The fraction of sp³-hybridized carbons (Fsp3) is 0.696. The summed E-state index contributed by atoms with van der Waals surface area (Å²) in [5.41, 5.74) is 0.537. The van der Waals surface area contributed by atoms with E-state index in [1.54, 1.807) is 31.2 Å². The molecule has 0 saturated heterocycles. The van der Waals surface area contributed by atoms with Gasteiger partial charge in [-0.05, 0) is 167 Å². The number of hydrogen-bond donors (Lipinski definition) is 0. The second kappa shape index (κ2) is 15.3. The summed E-state index contributed by atoms with van der Waals surface area (Å²) >= 11 is 0. The predicted molar refractivity (Wildman–Crippen MR) is 205 cm³/mol. The second-order valence-electron chi connectivity index (χ2n) is 18.7. The van der Waals surface area contributed by atoms with Crippen LogP contribution in [0.15, 0.2) is 49.1 Å². The maximum Gasteiger partial charge on any atom is 0.338 e. The molecule has 0 N–H and O–H groups in total. The first-order chi connectivity index (χ1) is 25.8. The molecule has 1 aromatic carbocycles. The monoisotopic (exact) mass is 742 g/mol. The minimum absolute atomic E-state index is 0.0472. The first-order valence-electron chi connectivity index (χ1n) is 20.9.